The number of rotatable bonds is 6. The summed E-state index contributed by atoms with van der Waals surface area (Å²) in [6.07, 6.45) is 5.03. The second-order valence-corrected chi connectivity index (χ2v) is 6.37. The highest BCUT2D eigenvalue weighted by Gasteiger charge is 2.21. The zero-order chi connectivity index (χ0) is 18.3. The Bertz CT molecular complexity index is 857. The molecule has 6 heteroatoms. The first-order chi connectivity index (χ1) is 13.4. The number of hydrogen-bond acceptors (Lipinski definition) is 4. The third-order valence-corrected chi connectivity index (χ3v) is 4.49. The van der Waals surface area contributed by atoms with Crippen molar-refractivity contribution in [1.82, 2.24) is 10.6 Å². The van der Waals surface area contributed by atoms with Gasteiger partial charge >= 0.3 is 0 Å². The van der Waals surface area contributed by atoms with Crippen LogP contribution in [0.25, 0.3) is 0 Å². The lowest BCUT2D eigenvalue weighted by Crippen LogP contribution is -2.41. The smallest absolute Gasteiger partial charge is 0.192 e. The summed E-state index contributed by atoms with van der Waals surface area (Å²) in [6.45, 7) is 1.89. The van der Waals surface area contributed by atoms with Crippen LogP contribution in [0, 0.1) is 0 Å². The average molecular weight is 365 g/mol. The topological polar surface area (TPSA) is 71.9 Å². The van der Waals surface area contributed by atoms with Crippen molar-refractivity contribution < 1.29 is 13.6 Å². The molecule has 0 fully saturated rings. The lowest BCUT2D eigenvalue weighted by Gasteiger charge is -2.28. The van der Waals surface area contributed by atoms with Crippen LogP contribution in [0.15, 0.2) is 74.9 Å². The molecule has 0 aliphatic carbocycles. The van der Waals surface area contributed by atoms with Crippen LogP contribution in [0.3, 0.4) is 0 Å². The van der Waals surface area contributed by atoms with Crippen molar-refractivity contribution in [2.24, 2.45) is 4.99 Å². The highest BCUT2D eigenvalue weighted by atomic mass is 16.5. The van der Waals surface area contributed by atoms with E-state index in [2.05, 4.69) is 21.7 Å². The fraction of sp³-hybridized carbons (Fsp3) is 0.286. The fourth-order valence-corrected chi connectivity index (χ4v) is 3.13. The normalized spacial score (nSPS) is 16.4. The molecule has 1 aromatic carbocycles. The molecule has 1 unspecified atom stereocenters. The SMILES string of the molecule is c1coc(CCNC(=NCc2ccco2)NC2CCOc3ccccc32)c1. The Morgan fingerprint density at radius 1 is 1.00 bits per heavy atom. The van der Waals surface area contributed by atoms with Crippen molar-refractivity contribution in [3.05, 3.63) is 78.1 Å². The quantitative estimate of drug-likeness (QED) is 0.515. The summed E-state index contributed by atoms with van der Waals surface area (Å²) in [5.41, 5.74) is 1.15. The van der Waals surface area contributed by atoms with Crippen LogP contribution in [-0.2, 0) is 13.0 Å². The van der Waals surface area contributed by atoms with Crippen LogP contribution < -0.4 is 15.4 Å². The second kappa shape index (κ2) is 8.49. The van der Waals surface area contributed by atoms with Gasteiger partial charge in [-0.15, -0.1) is 0 Å². The highest BCUT2D eigenvalue weighted by Crippen LogP contribution is 2.31. The largest absolute Gasteiger partial charge is 0.493 e. The number of furan rings is 2. The predicted molar refractivity (Wildman–Crippen MR) is 103 cm³/mol. The van der Waals surface area contributed by atoms with E-state index in [1.807, 2.05) is 42.5 Å². The molecule has 0 bridgehead atoms. The van der Waals surface area contributed by atoms with E-state index in [4.69, 9.17) is 13.6 Å². The van der Waals surface area contributed by atoms with Crippen molar-refractivity contribution in [3.63, 3.8) is 0 Å². The van der Waals surface area contributed by atoms with Crippen molar-refractivity contribution in [3.8, 4) is 5.75 Å². The molecule has 0 saturated carbocycles. The highest BCUT2D eigenvalue weighted by molar-refractivity contribution is 5.80. The first-order valence-electron chi connectivity index (χ1n) is 9.20. The van der Waals surface area contributed by atoms with Gasteiger partial charge < -0.3 is 24.2 Å². The minimum atomic E-state index is 0.154. The summed E-state index contributed by atoms with van der Waals surface area (Å²) >= 11 is 0. The zero-order valence-electron chi connectivity index (χ0n) is 15.1. The van der Waals surface area contributed by atoms with Crippen LogP contribution in [0.5, 0.6) is 5.75 Å². The Morgan fingerprint density at radius 2 is 1.81 bits per heavy atom. The molecule has 2 N–H and O–H groups in total. The number of aliphatic imine (C=N–C) groups is 1. The van der Waals surface area contributed by atoms with E-state index < -0.39 is 0 Å². The first-order valence-corrected chi connectivity index (χ1v) is 9.20. The van der Waals surface area contributed by atoms with Gasteiger partial charge in [-0.05, 0) is 30.3 Å². The molecule has 1 aliphatic rings. The van der Waals surface area contributed by atoms with Crippen LogP contribution in [-0.4, -0.2) is 19.1 Å². The maximum atomic E-state index is 5.76. The number of para-hydroxylation sites is 1. The number of ether oxygens (including phenoxy) is 1. The predicted octanol–water partition coefficient (Wildman–Crippen LogP) is 3.67. The van der Waals surface area contributed by atoms with Gasteiger partial charge in [-0.3, -0.25) is 0 Å². The van der Waals surface area contributed by atoms with Crippen LogP contribution in [0.1, 0.15) is 29.5 Å². The maximum Gasteiger partial charge on any atom is 0.192 e. The Hall–Kier alpha value is -3.15. The zero-order valence-corrected chi connectivity index (χ0v) is 15.1. The Morgan fingerprint density at radius 3 is 2.63 bits per heavy atom. The van der Waals surface area contributed by atoms with Gasteiger partial charge in [-0.25, -0.2) is 4.99 Å². The molecule has 2 aromatic heterocycles. The van der Waals surface area contributed by atoms with Gasteiger partial charge in [0.1, 0.15) is 23.8 Å². The van der Waals surface area contributed by atoms with Gasteiger partial charge in [0.15, 0.2) is 5.96 Å². The maximum absolute atomic E-state index is 5.76. The number of hydrogen-bond donors (Lipinski definition) is 2. The molecule has 4 rings (SSSR count). The molecule has 1 aliphatic heterocycles. The summed E-state index contributed by atoms with van der Waals surface area (Å²) < 4.78 is 16.6. The summed E-state index contributed by atoms with van der Waals surface area (Å²) in [7, 11) is 0. The van der Waals surface area contributed by atoms with E-state index in [1.165, 1.54) is 0 Å². The van der Waals surface area contributed by atoms with E-state index in [-0.39, 0.29) is 6.04 Å². The molecule has 27 heavy (non-hydrogen) atoms. The first kappa shape index (κ1) is 17.3. The monoisotopic (exact) mass is 365 g/mol. The summed E-state index contributed by atoms with van der Waals surface area (Å²) in [5.74, 6) is 3.46. The minimum Gasteiger partial charge on any atom is -0.493 e. The van der Waals surface area contributed by atoms with Gasteiger partial charge in [-0.2, -0.15) is 0 Å². The lowest BCUT2D eigenvalue weighted by atomic mass is 10.0. The number of benzene rings is 1. The van der Waals surface area contributed by atoms with Crippen LogP contribution in [0.2, 0.25) is 0 Å². The van der Waals surface area contributed by atoms with Crippen LogP contribution >= 0.6 is 0 Å². The summed E-state index contributed by atoms with van der Waals surface area (Å²) in [4.78, 5) is 4.68. The second-order valence-electron chi connectivity index (χ2n) is 6.37. The molecular weight excluding hydrogens is 342 g/mol. The standard InChI is InChI=1S/C21H23N3O3/c1-2-8-20-18(7-1)19(10-14-27-20)24-21(23-15-17-6-4-13-26-17)22-11-9-16-5-3-12-25-16/h1-8,12-13,19H,9-11,14-15H2,(H2,22,23,24). The molecule has 1 atom stereocenters. The van der Waals surface area contributed by atoms with E-state index in [0.29, 0.717) is 13.2 Å². The van der Waals surface area contributed by atoms with E-state index >= 15 is 0 Å². The van der Waals surface area contributed by atoms with Crippen LogP contribution in [0.4, 0.5) is 0 Å². The third kappa shape index (κ3) is 4.53. The van der Waals surface area contributed by atoms with E-state index in [1.54, 1.807) is 12.5 Å². The Kier molecular flexibility index (Phi) is 5.43. The summed E-state index contributed by atoms with van der Waals surface area (Å²) in [5, 5.41) is 6.94. The molecular formula is C21H23N3O3. The van der Waals surface area contributed by atoms with Crippen molar-refractivity contribution >= 4 is 5.96 Å². The average Bonchev–Trinajstić information content (AvgIpc) is 3.40. The molecule has 140 valence electrons. The van der Waals surface area contributed by atoms with Crippen molar-refractivity contribution in [2.45, 2.75) is 25.4 Å². The molecule has 0 radical (unpaired) electrons. The van der Waals surface area contributed by atoms with Crippen molar-refractivity contribution in [1.29, 1.82) is 0 Å². The van der Waals surface area contributed by atoms with Gasteiger partial charge in [-0.1, -0.05) is 18.2 Å². The van der Waals surface area contributed by atoms with Gasteiger partial charge in [0.05, 0.1) is 25.2 Å². The number of nitrogens with one attached hydrogen (secondary N) is 2. The van der Waals surface area contributed by atoms with E-state index in [0.717, 1.165) is 48.2 Å². The lowest BCUT2D eigenvalue weighted by molar-refractivity contribution is 0.261. The fourth-order valence-electron chi connectivity index (χ4n) is 3.13. The number of fused-ring (bicyclic) bond motifs is 1. The Balaban J connectivity index is 1.44. The van der Waals surface area contributed by atoms with Gasteiger partial charge in [0.2, 0.25) is 0 Å². The molecule has 0 saturated heterocycles. The minimum absolute atomic E-state index is 0.154. The number of guanidine groups is 1. The third-order valence-electron chi connectivity index (χ3n) is 4.49. The summed E-state index contributed by atoms with van der Waals surface area (Å²) in [6, 6.07) is 16.0. The molecule has 0 spiro atoms. The number of nitrogens with zero attached hydrogens (tertiary/aromatic N) is 1. The van der Waals surface area contributed by atoms with Gasteiger partial charge in [0, 0.05) is 24.9 Å². The van der Waals surface area contributed by atoms with Gasteiger partial charge in [0.25, 0.3) is 0 Å². The Labute approximate surface area is 158 Å². The molecule has 3 heterocycles. The molecule has 6 nitrogen and oxygen atoms in total. The molecule has 0 amide bonds. The molecule has 3 aromatic rings. The van der Waals surface area contributed by atoms with E-state index in [9.17, 15) is 0 Å². The van der Waals surface area contributed by atoms with Crippen molar-refractivity contribution in [2.75, 3.05) is 13.2 Å².